The minimum atomic E-state index is -1.01. The highest BCUT2D eigenvalue weighted by Crippen LogP contribution is 2.58. The molecule has 3 heterocycles. The Morgan fingerprint density at radius 1 is 1.10 bits per heavy atom. The molecule has 0 saturated heterocycles. The zero-order valence-electron chi connectivity index (χ0n) is 21.0. The van der Waals surface area contributed by atoms with E-state index in [0.717, 1.165) is 17.8 Å². The molecule has 7 nitrogen and oxygen atoms in total. The van der Waals surface area contributed by atoms with Crippen LogP contribution in [-0.4, -0.2) is 29.8 Å². The molecular weight excluding hydrogens is 533 g/mol. The van der Waals surface area contributed by atoms with Crippen LogP contribution in [0.5, 0.6) is 5.75 Å². The number of benzene rings is 2. The highest BCUT2D eigenvalue weighted by Gasteiger charge is 2.62. The number of carbonyl (C=O) groups is 2. The number of rotatable bonds is 4. The topological polar surface area (TPSA) is 77.8 Å². The molecule has 1 saturated carbocycles. The summed E-state index contributed by atoms with van der Waals surface area (Å²) in [6.07, 6.45) is 1.96. The SMILES string of the molecule is CC(=O)OCOc1c2n(ccc1=O)N(C1c3ccc(F)c(F)c3CSc3c(F)cccc31)CC1(CC1C)C2=O. The molecule has 3 aliphatic rings. The van der Waals surface area contributed by atoms with Crippen LogP contribution in [0, 0.1) is 28.8 Å². The van der Waals surface area contributed by atoms with Crippen molar-refractivity contribution in [2.75, 3.05) is 18.3 Å². The smallest absolute Gasteiger partial charge is 0.305 e. The van der Waals surface area contributed by atoms with Crippen LogP contribution in [0.25, 0.3) is 0 Å². The molecule has 0 N–H and O–H groups in total. The molecule has 2 aromatic carbocycles. The maximum atomic E-state index is 15.2. The Kier molecular flexibility index (Phi) is 6.01. The van der Waals surface area contributed by atoms with Gasteiger partial charge in [0.2, 0.25) is 12.2 Å². The third-order valence-corrected chi connectivity index (χ3v) is 8.97. The predicted molar refractivity (Wildman–Crippen MR) is 136 cm³/mol. The van der Waals surface area contributed by atoms with E-state index in [1.807, 2.05) is 6.92 Å². The highest BCUT2D eigenvalue weighted by atomic mass is 32.2. The van der Waals surface area contributed by atoms with Crippen LogP contribution >= 0.6 is 11.8 Å². The van der Waals surface area contributed by atoms with Crippen molar-refractivity contribution >= 4 is 23.5 Å². The van der Waals surface area contributed by atoms with Gasteiger partial charge in [0.05, 0.1) is 11.5 Å². The molecule has 3 aromatic rings. The van der Waals surface area contributed by atoms with Gasteiger partial charge in [-0.1, -0.05) is 25.1 Å². The fraction of sp³-hybridized carbons (Fsp3) is 0.321. The number of Topliss-reactive ketones (excluding diaryl/α,β-unsaturated/α-hetero) is 1. The number of fused-ring (bicyclic) bond motifs is 3. The second-order valence-electron chi connectivity index (χ2n) is 10.1. The van der Waals surface area contributed by atoms with E-state index in [-0.39, 0.29) is 41.0 Å². The van der Waals surface area contributed by atoms with Gasteiger partial charge < -0.3 is 9.47 Å². The first-order valence-electron chi connectivity index (χ1n) is 12.4. The minimum Gasteiger partial charge on any atom is -0.451 e. The lowest BCUT2D eigenvalue weighted by Crippen LogP contribution is -2.52. The van der Waals surface area contributed by atoms with Crippen molar-refractivity contribution in [3.05, 3.63) is 92.7 Å². The van der Waals surface area contributed by atoms with E-state index in [0.29, 0.717) is 22.4 Å². The summed E-state index contributed by atoms with van der Waals surface area (Å²) < 4.78 is 56.5. The number of aromatic nitrogens is 1. The van der Waals surface area contributed by atoms with Crippen LogP contribution < -0.4 is 15.2 Å². The number of thioether (sulfide) groups is 1. The average Bonchev–Trinajstić information content (AvgIpc) is 3.58. The molecule has 0 bridgehead atoms. The third kappa shape index (κ3) is 3.93. The lowest BCUT2D eigenvalue weighted by atomic mass is 9.88. The average molecular weight is 557 g/mol. The van der Waals surface area contributed by atoms with Crippen LogP contribution in [0.15, 0.2) is 52.3 Å². The Balaban J connectivity index is 1.60. The van der Waals surface area contributed by atoms with Gasteiger partial charge in [0.1, 0.15) is 5.82 Å². The van der Waals surface area contributed by atoms with Crippen molar-refractivity contribution in [3.63, 3.8) is 0 Å². The Bertz CT molecular complexity index is 1610. The molecule has 0 amide bonds. The molecule has 3 unspecified atom stereocenters. The lowest BCUT2D eigenvalue weighted by molar-refractivity contribution is -0.147. The molecule has 11 heteroatoms. The number of pyridine rings is 1. The highest BCUT2D eigenvalue weighted by molar-refractivity contribution is 7.98. The Labute approximate surface area is 225 Å². The summed E-state index contributed by atoms with van der Waals surface area (Å²) in [5, 5.41) is 1.79. The Morgan fingerprint density at radius 2 is 1.87 bits per heavy atom. The number of esters is 1. The van der Waals surface area contributed by atoms with E-state index in [4.69, 9.17) is 9.47 Å². The molecule has 1 spiro atoms. The van der Waals surface area contributed by atoms with E-state index in [2.05, 4.69) is 0 Å². The van der Waals surface area contributed by atoms with E-state index < -0.39 is 47.1 Å². The van der Waals surface area contributed by atoms with Gasteiger partial charge in [-0.2, -0.15) is 0 Å². The summed E-state index contributed by atoms with van der Waals surface area (Å²) in [5.74, 6) is -3.74. The summed E-state index contributed by atoms with van der Waals surface area (Å²) in [5.41, 5.74) is -0.430. The van der Waals surface area contributed by atoms with E-state index in [9.17, 15) is 18.8 Å². The van der Waals surface area contributed by atoms with Crippen molar-refractivity contribution in [1.29, 1.82) is 0 Å². The van der Waals surface area contributed by atoms with Gasteiger partial charge in [-0.25, -0.2) is 13.2 Å². The van der Waals surface area contributed by atoms with Crippen LogP contribution in [0.1, 0.15) is 53.5 Å². The van der Waals surface area contributed by atoms with E-state index in [1.54, 1.807) is 17.1 Å². The quantitative estimate of drug-likeness (QED) is 0.340. The van der Waals surface area contributed by atoms with Crippen molar-refractivity contribution < 1.29 is 32.2 Å². The van der Waals surface area contributed by atoms with Crippen molar-refractivity contribution in [1.82, 2.24) is 4.68 Å². The first kappa shape index (κ1) is 25.5. The van der Waals surface area contributed by atoms with Crippen LogP contribution in [0.2, 0.25) is 0 Å². The standard InChI is InChI=1S/C28H23F3N2O5S/c1-14-10-28(14)12-33(32-9-8-21(35)25(24(32)27(28)36)38-13-37-15(2)34)23-16-6-7-19(29)22(31)18(16)11-39-26-17(23)4-3-5-20(26)30/h3-9,14,23H,10-13H2,1-2H3. The molecule has 6 rings (SSSR count). The number of nitrogens with zero attached hydrogens (tertiary/aromatic N) is 2. The molecule has 1 aromatic heterocycles. The number of carbonyl (C=O) groups excluding carboxylic acids is 2. The van der Waals surface area contributed by atoms with Gasteiger partial charge in [-0.15, -0.1) is 11.8 Å². The van der Waals surface area contributed by atoms with Crippen LogP contribution in [-0.2, 0) is 15.3 Å². The van der Waals surface area contributed by atoms with Crippen molar-refractivity contribution in [2.45, 2.75) is 37.0 Å². The fourth-order valence-electron chi connectivity index (χ4n) is 5.69. The largest absolute Gasteiger partial charge is 0.451 e. The third-order valence-electron chi connectivity index (χ3n) is 7.82. The summed E-state index contributed by atoms with van der Waals surface area (Å²) in [6.45, 7) is 2.73. The summed E-state index contributed by atoms with van der Waals surface area (Å²) >= 11 is 1.08. The van der Waals surface area contributed by atoms with Crippen molar-refractivity contribution in [2.24, 2.45) is 11.3 Å². The van der Waals surface area contributed by atoms with E-state index in [1.165, 1.54) is 36.0 Å². The number of ether oxygens (including phenoxy) is 2. The molecule has 1 aliphatic carbocycles. The monoisotopic (exact) mass is 556 g/mol. The fourth-order valence-corrected chi connectivity index (χ4v) is 6.83. The minimum absolute atomic E-state index is 0.00540. The molecule has 39 heavy (non-hydrogen) atoms. The van der Waals surface area contributed by atoms with Gasteiger partial charge in [0.25, 0.3) is 0 Å². The zero-order valence-corrected chi connectivity index (χ0v) is 21.8. The maximum Gasteiger partial charge on any atom is 0.305 e. The molecular formula is C28H23F3N2O5S. The van der Waals surface area contributed by atoms with Crippen molar-refractivity contribution in [3.8, 4) is 5.75 Å². The molecule has 0 radical (unpaired) electrons. The van der Waals surface area contributed by atoms with Gasteiger partial charge in [0, 0.05) is 41.9 Å². The second-order valence-corrected chi connectivity index (χ2v) is 11.1. The van der Waals surface area contributed by atoms with Gasteiger partial charge >= 0.3 is 5.97 Å². The normalized spacial score (nSPS) is 23.0. The number of hydrogen-bond acceptors (Lipinski definition) is 7. The Morgan fingerprint density at radius 3 is 2.59 bits per heavy atom. The molecule has 202 valence electrons. The Hall–Kier alpha value is -3.73. The van der Waals surface area contributed by atoms with Gasteiger partial charge in [-0.05, 0) is 35.6 Å². The first-order chi connectivity index (χ1) is 18.6. The van der Waals surface area contributed by atoms with Crippen LogP contribution in [0.4, 0.5) is 13.2 Å². The summed E-state index contributed by atoms with van der Waals surface area (Å²) in [4.78, 5) is 38.3. The number of ketones is 1. The summed E-state index contributed by atoms with van der Waals surface area (Å²) in [7, 11) is 0. The molecule has 1 fully saturated rings. The number of hydrogen-bond donors (Lipinski definition) is 0. The summed E-state index contributed by atoms with van der Waals surface area (Å²) in [6, 6.07) is 7.51. The molecule has 2 aliphatic heterocycles. The lowest BCUT2D eigenvalue weighted by Gasteiger charge is -2.43. The predicted octanol–water partition coefficient (Wildman–Crippen LogP) is 4.72. The zero-order chi connectivity index (χ0) is 27.6. The molecule has 3 atom stereocenters. The first-order valence-corrected chi connectivity index (χ1v) is 13.3. The van der Waals surface area contributed by atoms with Gasteiger partial charge in [0.15, 0.2) is 28.9 Å². The number of halogens is 3. The maximum absolute atomic E-state index is 15.2. The second kappa shape index (κ2) is 9.18. The van der Waals surface area contributed by atoms with Crippen LogP contribution in [0.3, 0.4) is 0 Å². The van der Waals surface area contributed by atoms with Gasteiger partial charge in [-0.3, -0.25) is 24.1 Å². The van der Waals surface area contributed by atoms with E-state index >= 15 is 8.78 Å².